The standard InChI is InChI=1S/C22H17BrN2O9S/c1-34-22(30)12-9-25(6-7-26)21(29)17(12)24-18-14(35(31,32)33)8-13(23)15-16(18)20(28)11-5-3-2-4-10(11)19(15)27/h2-5,8,24,26H,6-7,9H2,1H3,(H,31,32,33). The van der Waals surface area contributed by atoms with Gasteiger partial charge in [0.25, 0.3) is 16.0 Å². The van der Waals surface area contributed by atoms with Crippen molar-refractivity contribution in [2.45, 2.75) is 4.90 Å². The SMILES string of the molecule is COC(=O)C1=C(Nc2c(S(=O)(=O)O)cc(Br)c3c2C(=O)c2ccccc2C3=O)C(=O)N(CCO)C1. The van der Waals surface area contributed by atoms with E-state index < -0.39 is 62.0 Å². The number of carbonyl (C=O) groups excluding carboxylic acids is 4. The molecule has 11 nitrogen and oxygen atoms in total. The van der Waals surface area contributed by atoms with Crippen LogP contribution in [0.15, 0.2) is 51.0 Å². The summed E-state index contributed by atoms with van der Waals surface area (Å²) in [7, 11) is -3.91. The van der Waals surface area contributed by atoms with Crippen LogP contribution >= 0.6 is 15.9 Å². The molecule has 0 saturated carbocycles. The number of esters is 1. The third-order valence-corrected chi connectivity index (χ3v) is 7.10. The predicted octanol–water partition coefficient (Wildman–Crippen LogP) is 1.14. The first kappa shape index (κ1) is 24.7. The van der Waals surface area contributed by atoms with E-state index in [0.717, 1.165) is 18.1 Å². The molecule has 13 heteroatoms. The number of methoxy groups -OCH3 is 1. The molecule has 35 heavy (non-hydrogen) atoms. The van der Waals surface area contributed by atoms with Gasteiger partial charge in [0.15, 0.2) is 11.6 Å². The van der Waals surface area contributed by atoms with Gasteiger partial charge in [-0.1, -0.05) is 24.3 Å². The monoisotopic (exact) mass is 564 g/mol. The zero-order valence-corrected chi connectivity index (χ0v) is 20.4. The number of aliphatic hydroxyl groups is 1. The lowest BCUT2D eigenvalue weighted by atomic mass is 9.83. The molecule has 1 aliphatic carbocycles. The molecule has 1 heterocycles. The summed E-state index contributed by atoms with van der Waals surface area (Å²) in [6, 6.07) is 6.85. The molecule has 1 amide bonds. The third kappa shape index (κ3) is 4.05. The van der Waals surface area contributed by atoms with E-state index in [1.54, 1.807) is 6.07 Å². The van der Waals surface area contributed by atoms with Gasteiger partial charge < -0.3 is 20.1 Å². The number of benzene rings is 2. The molecule has 4 rings (SSSR count). The molecule has 0 spiro atoms. The lowest BCUT2D eigenvalue weighted by Gasteiger charge is -2.24. The topological polar surface area (TPSA) is 167 Å². The summed E-state index contributed by atoms with van der Waals surface area (Å²) in [6.45, 7) is -0.815. The lowest BCUT2D eigenvalue weighted by Crippen LogP contribution is -2.32. The van der Waals surface area contributed by atoms with Crippen molar-refractivity contribution in [2.24, 2.45) is 0 Å². The molecule has 1 aliphatic heterocycles. The van der Waals surface area contributed by atoms with Crippen molar-refractivity contribution < 1.29 is 42.0 Å². The molecule has 0 aromatic heterocycles. The Morgan fingerprint density at radius 3 is 2.29 bits per heavy atom. The average molecular weight is 565 g/mol. The van der Waals surface area contributed by atoms with Gasteiger partial charge in [0.1, 0.15) is 10.6 Å². The Labute approximate surface area is 207 Å². The first-order valence-electron chi connectivity index (χ1n) is 10.0. The van der Waals surface area contributed by atoms with Crippen LogP contribution in [-0.4, -0.2) is 73.2 Å². The number of hydrogen-bond acceptors (Lipinski definition) is 9. The molecule has 2 aromatic carbocycles. The zero-order valence-electron chi connectivity index (χ0n) is 18.0. The summed E-state index contributed by atoms with van der Waals surface area (Å²) in [5.41, 5.74) is -1.65. The highest BCUT2D eigenvalue weighted by molar-refractivity contribution is 9.10. The number of carbonyl (C=O) groups is 4. The van der Waals surface area contributed by atoms with Crippen molar-refractivity contribution in [2.75, 3.05) is 32.1 Å². The van der Waals surface area contributed by atoms with Crippen molar-refractivity contribution in [3.8, 4) is 0 Å². The second-order valence-corrected chi connectivity index (χ2v) is 9.83. The summed E-state index contributed by atoms with van der Waals surface area (Å²) >= 11 is 3.11. The zero-order chi connectivity index (χ0) is 25.7. The van der Waals surface area contributed by atoms with Crippen LogP contribution in [0.3, 0.4) is 0 Å². The lowest BCUT2D eigenvalue weighted by molar-refractivity contribution is -0.136. The molecule has 2 aliphatic rings. The van der Waals surface area contributed by atoms with Gasteiger partial charge in [0, 0.05) is 22.1 Å². The van der Waals surface area contributed by atoms with Gasteiger partial charge in [-0.2, -0.15) is 8.42 Å². The number of ketones is 2. The summed E-state index contributed by atoms with van der Waals surface area (Å²) < 4.78 is 39.1. The molecule has 0 unspecified atom stereocenters. The van der Waals surface area contributed by atoms with E-state index in [-0.39, 0.29) is 39.8 Å². The van der Waals surface area contributed by atoms with Crippen molar-refractivity contribution in [3.05, 3.63) is 68.3 Å². The fourth-order valence-corrected chi connectivity index (χ4v) is 5.46. The number of aliphatic hydroxyl groups excluding tert-OH is 1. The molecule has 0 fully saturated rings. The maximum atomic E-state index is 13.5. The van der Waals surface area contributed by atoms with E-state index in [2.05, 4.69) is 21.2 Å². The second kappa shape index (κ2) is 9.00. The maximum Gasteiger partial charge on any atom is 0.337 e. The Morgan fingerprint density at radius 1 is 1.14 bits per heavy atom. The van der Waals surface area contributed by atoms with Gasteiger partial charge in [-0.15, -0.1) is 0 Å². The quantitative estimate of drug-likeness (QED) is 0.291. The van der Waals surface area contributed by atoms with Crippen molar-refractivity contribution in [1.82, 2.24) is 4.90 Å². The van der Waals surface area contributed by atoms with Crippen LogP contribution in [0.5, 0.6) is 0 Å². The molecular formula is C22H17BrN2O9S. The molecule has 0 saturated heterocycles. The van der Waals surface area contributed by atoms with Crippen LogP contribution in [0.25, 0.3) is 0 Å². The Hall–Kier alpha value is -3.39. The highest BCUT2D eigenvalue weighted by Gasteiger charge is 2.40. The smallest absolute Gasteiger partial charge is 0.337 e. The van der Waals surface area contributed by atoms with Crippen molar-refractivity contribution >= 4 is 55.2 Å². The fraction of sp³-hybridized carbons (Fsp3) is 0.182. The molecule has 0 bridgehead atoms. The van der Waals surface area contributed by atoms with E-state index in [9.17, 15) is 37.3 Å². The Kier molecular flexibility index (Phi) is 6.36. The fourth-order valence-electron chi connectivity index (χ4n) is 4.03. The molecule has 0 radical (unpaired) electrons. The number of β-amino-alcohol motifs (C(OH)–C–C–N with tert-alkyl or cyclic N) is 1. The van der Waals surface area contributed by atoms with Crippen LogP contribution in [0.2, 0.25) is 0 Å². The molecular weight excluding hydrogens is 548 g/mol. The number of hydrogen-bond donors (Lipinski definition) is 3. The first-order chi connectivity index (χ1) is 16.5. The number of anilines is 1. The van der Waals surface area contributed by atoms with E-state index >= 15 is 0 Å². The Balaban J connectivity index is 2.01. The molecule has 2 aromatic rings. The van der Waals surface area contributed by atoms with Gasteiger partial charge >= 0.3 is 5.97 Å². The molecule has 3 N–H and O–H groups in total. The summed E-state index contributed by atoms with van der Waals surface area (Å²) in [6.07, 6.45) is 0. The number of nitrogens with zero attached hydrogens (tertiary/aromatic N) is 1. The van der Waals surface area contributed by atoms with Crippen LogP contribution in [0, 0.1) is 0 Å². The number of ether oxygens (including phenoxy) is 1. The minimum Gasteiger partial charge on any atom is -0.466 e. The van der Waals surface area contributed by atoms with E-state index in [1.165, 1.54) is 18.2 Å². The highest BCUT2D eigenvalue weighted by Crippen LogP contribution is 2.41. The van der Waals surface area contributed by atoms with Gasteiger partial charge in [0.05, 0.1) is 42.6 Å². The summed E-state index contributed by atoms with van der Waals surface area (Å²) in [4.78, 5) is 52.4. The van der Waals surface area contributed by atoms with Crippen LogP contribution < -0.4 is 5.32 Å². The van der Waals surface area contributed by atoms with Crippen LogP contribution in [0.1, 0.15) is 31.8 Å². The number of nitrogens with one attached hydrogen (secondary N) is 1. The van der Waals surface area contributed by atoms with Gasteiger partial charge in [-0.05, 0) is 22.0 Å². The Bertz CT molecular complexity index is 1460. The van der Waals surface area contributed by atoms with E-state index in [4.69, 9.17) is 4.74 Å². The number of rotatable bonds is 6. The largest absolute Gasteiger partial charge is 0.466 e. The average Bonchev–Trinajstić information content (AvgIpc) is 3.12. The molecule has 182 valence electrons. The minimum absolute atomic E-state index is 0.00531. The first-order valence-corrected chi connectivity index (χ1v) is 12.3. The summed E-state index contributed by atoms with van der Waals surface area (Å²) in [5.74, 6) is -3.02. The van der Waals surface area contributed by atoms with Crippen molar-refractivity contribution in [1.29, 1.82) is 0 Å². The second-order valence-electron chi connectivity index (χ2n) is 7.58. The van der Waals surface area contributed by atoms with Crippen LogP contribution in [0.4, 0.5) is 5.69 Å². The van der Waals surface area contributed by atoms with Gasteiger partial charge in [0.2, 0.25) is 0 Å². The minimum atomic E-state index is -4.99. The number of amides is 1. The Morgan fingerprint density at radius 2 is 1.74 bits per heavy atom. The maximum absolute atomic E-state index is 13.5. The predicted molar refractivity (Wildman–Crippen MR) is 124 cm³/mol. The normalized spacial score (nSPS) is 15.3. The highest BCUT2D eigenvalue weighted by atomic mass is 79.9. The van der Waals surface area contributed by atoms with Gasteiger partial charge in [-0.3, -0.25) is 18.9 Å². The van der Waals surface area contributed by atoms with Crippen molar-refractivity contribution in [3.63, 3.8) is 0 Å². The van der Waals surface area contributed by atoms with E-state index in [0.29, 0.717) is 0 Å². The van der Waals surface area contributed by atoms with Crippen LogP contribution in [-0.2, 0) is 24.4 Å². The van der Waals surface area contributed by atoms with E-state index in [1.807, 2.05) is 0 Å². The molecule has 0 atom stereocenters. The third-order valence-electron chi connectivity index (χ3n) is 5.59. The van der Waals surface area contributed by atoms with Gasteiger partial charge in [-0.25, -0.2) is 4.79 Å². The number of fused-ring (bicyclic) bond motifs is 2. The summed E-state index contributed by atoms with van der Waals surface area (Å²) in [5, 5.41) is 11.8. The number of halogens is 1.